The molecule has 1 atom stereocenters. The lowest BCUT2D eigenvalue weighted by atomic mass is 9.96. The van der Waals surface area contributed by atoms with E-state index in [1.165, 1.54) is 16.7 Å². The Bertz CT molecular complexity index is 812. The van der Waals surface area contributed by atoms with Crippen molar-refractivity contribution in [3.8, 4) is 5.75 Å². The van der Waals surface area contributed by atoms with Crippen molar-refractivity contribution in [1.82, 2.24) is 9.80 Å². The fourth-order valence-corrected chi connectivity index (χ4v) is 3.90. The largest absolute Gasteiger partial charge is 0.496 e. The summed E-state index contributed by atoms with van der Waals surface area (Å²) in [5.41, 5.74) is 4.49. The highest BCUT2D eigenvalue weighted by molar-refractivity contribution is 6.30. The van der Waals surface area contributed by atoms with Crippen molar-refractivity contribution < 1.29 is 9.53 Å². The SMILES string of the molecule is COc1ccc(C(C)N2CCN(C(=O)c3ccc(Cl)cc3)CC2)c(C)c1C. The van der Waals surface area contributed by atoms with Crippen molar-refractivity contribution in [2.24, 2.45) is 0 Å². The topological polar surface area (TPSA) is 32.8 Å². The van der Waals surface area contributed by atoms with Gasteiger partial charge in [-0.2, -0.15) is 0 Å². The van der Waals surface area contributed by atoms with Gasteiger partial charge in [-0.15, -0.1) is 0 Å². The minimum absolute atomic E-state index is 0.0791. The number of piperazine rings is 1. The summed E-state index contributed by atoms with van der Waals surface area (Å²) in [7, 11) is 1.71. The number of hydrogen-bond acceptors (Lipinski definition) is 3. The zero-order chi connectivity index (χ0) is 19.6. The van der Waals surface area contributed by atoms with Gasteiger partial charge in [-0.3, -0.25) is 9.69 Å². The average Bonchev–Trinajstić information content (AvgIpc) is 2.70. The Hall–Kier alpha value is -2.04. The van der Waals surface area contributed by atoms with Crippen molar-refractivity contribution in [2.75, 3.05) is 33.3 Å². The molecule has 5 heteroatoms. The third-order valence-corrected chi connectivity index (χ3v) is 5.94. The number of methoxy groups -OCH3 is 1. The molecule has 1 aliphatic rings. The van der Waals surface area contributed by atoms with Crippen molar-refractivity contribution >= 4 is 17.5 Å². The molecule has 1 heterocycles. The molecule has 27 heavy (non-hydrogen) atoms. The number of ether oxygens (including phenoxy) is 1. The van der Waals surface area contributed by atoms with Crippen LogP contribution in [0, 0.1) is 13.8 Å². The van der Waals surface area contributed by atoms with Crippen LogP contribution in [0.15, 0.2) is 36.4 Å². The highest BCUT2D eigenvalue weighted by atomic mass is 35.5. The molecule has 3 rings (SSSR count). The van der Waals surface area contributed by atoms with Crippen molar-refractivity contribution in [3.05, 3.63) is 63.7 Å². The zero-order valence-electron chi connectivity index (χ0n) is 16.5. The van der Waals surface area contributed by atoms with Gasteiger partial charge in [0.05, 0.1) is 7.11 Å². The Morgan fingerprint density at radius 2 is 1.63 bits per heavy atom. The summed E-state index contributed by atoms with van der Waals surface area (Å²) in [6.45, 7) is 9.71. The first-order valence-electron chi connectivity index (χ1n) is 9.35. The van der Waals surface area contributed by atoms with Crippen LogP contribution in [0.4, 0.5) is 0 Å². The zero-order valence-corrected chi connectivity index (χ0v) is 17.2. The third-order valence-electron chi connectivity index (χ3n) is 5.69. The molecule has 0 saturated carbocycles. The Kier molecular flexibility index (Phi) is 6.08. The van der Waals surface area contributed by atoms with Gasteiger partial charge in [0.15, 0.2) is 0 Å². The average molecular weight is 387 g/mol. The molecule has 1 aliphatic heterocycles. The van der Waals surface area contributed by atoms with Gasteiger partial charge in [-0.25, -0.2) is 0 Å². The van der Waals surface area contributed by atoms with Crippen LogP contribution in [0.1, 0.15) is 40.0 Å². The van der Waals surface area contributed by atoms with Gasteiger partial charge in [-0.05, 0) is 67.8 Å². The van der Waals surface area contributed by atoms with E-state index in [-0.39, 0.29) is 5.91 Å². The fraction of sp³-hybridized carbons (Fsp3) is 0.409. The monoisotopic (exact) mass is 386 g/mol. The van der Waals surface area contributed by atoms with E-state index in [4.69, 9.17) is 16.3 Å². The lowest BCUT2D eigenvalue weighted by Gasteiger charge is -2.38. The molecule has 0 aliphatic carbocycles. The molecule has 1 fully saturated rings. The molecule has 1 amide bonds. The summed E-state index contributed by atoms with van der Waals surface area (Å²) < 4.78 is 5.43. The summed E-state index contributed by atoms with van der Waals surface area (Å²) in [6, 6.07) is 11.6. The summed E-state index contributed by atoms with van der Waals surface area (Å²) in [4.78, 5) is 17.1. The van der Waals surface area contributed by atoms with Crippen LogP contribution in [-0.4, -0.2) is 49.0 Å². The molecule has 0 bridgehead atoms. The highest BCUT2D eigenvalue weighted by Crippen LogP contribution is 2.31. The van der Waals surface area contributed by atoms with E-state index in [0.29, 0.717) is 16.6 Å². The maximum atomic E-state index is 12.7. The van der Waals surface area contributed by atoms with E-state index in [1.807, 2.05) is 4.90 Å². The van der Waals surface area contributed by atoms with Crippen molar-refractivity contribution in [2.45, 2.75) is 26.8 Å². The normalized spacial score (nSPS) is 16.3. The molecule has 0 radical (unpaired) electrons. The number of carbonyl (C=O) groups excluding carboxylic acids is 1. The first-order valence-corrected chi connectivity index (χ1v) is 9.73. The van der Waals surface area contributed by atoms with Crippen LogP contribution in [0.3, 0.4) is 0 Å². The maximum absolute atomic E-state index is 12.7. The molecule has 0 N–H and O–H groups in total. The van der Waals surface area contributed by atoms with E-state index >= 15 is 0 Å². The number of carbonyl (C=O) groups is 1. The number of benzene rings is 2. The second kappa shape index (κ2) is 8.32. The van der Waals surface area contributed by atoms with Gasteiger partial charge < -0.3 is 9.64 Å². The Labute approximate surface area is 166 Å². The van der Waals surface area contributed by atoms with E-state index in [2.05, 4.69) is 37.8 Å². The molecule has 2 aromatic carbocycles. The van der Waals surface area contributed by atoms with Gasteiger partial charge in [0.25, 0.3) is 5.91 Å². The number of rotatable bonds is 4. The first-order chi connectivity index (χ1) is 12.9. The van der Waals surface area contributed by atoms with Crippen molar-refractivity contribution in [1.29, 1.82) is 0 Å². The molecule has 4 nitrogen and oxygen atoms in total. The number of amides is 1. The molecule has 1 unspecified atom stereocenters. The summed E-state index contributed by atoms with van der Waals surface area (Å²) >= 11 is 5.92. The van der Waals surface area contributed by atoms with Crippen LogP contribution < -0.4 is 4.74 Å². The molecular formula is C22H27ClN2O2. The third kappa shape index (κ3) is 4.12. The van der Waals surface area contributed by atoms with Gasteiger partial charge >= 0.3 is 0 Å². The molecule has 2 aromatic rings. The molecule has 144 valence electrons. The number of hydrogen-bond donors (Lipinski definition) is 0. The second-order valence-electron chi connectivity index (χ2n) is 7.12. The van der Waals surface area contributed by atoms with Crippen LogP contribution in [-0.2, 0) is 0 Å². The smallest absolute Gasteiger partial charge is 0.253 e. The van der Waals surface area contributed by atoms with E-state index in [0.717, 1.165) is 31.9 Å². The minimum atomic E-state index is 0.0791. The van der Waals surface area contributed by atoms with Crippen LogP contribution in [0.5, 0.6) is 5.75 Å². The van der Waals surface area contributed by atoms with Crippen LogP contribution in [0.25, 0.3) is 0 Å². The quantitative estimate of drug-likeness (QED) is 0.776. The summed E-state index contributed by atoms with van der Waals surface area (Å²) in [5, 5.41) is 0.648. The molecule has 0 spiro atoms. The lowest BCUT2D eigenvalue weighted by Crippen LogP contribution is -2.49. The van der Waals surface area contributed by atoms with Gasteiger partial charge in [0.1, 0.15) is 5.75 Å². The Morgan fingerprint density at radius 1 is 1.00 bits per heavy atom. The van der Waals surface area contributed by atoms with E-state index < -0.39 is 0 Å². The second-order valence-corrected chi connectivity index (χ2v) is 7.55. The van der Waals surface area contributed by atoms with Crippen LogP contribution in [0.2, 0.25) is 5.02 Å². The fourth-order valence-electron chi connectivity index (χ4n) is 3.77. The standard InChI is InChI=1S/C22H27ClN2O2/c1-15-16(2)21(27-4)10-9-20(15)17(3)24-11-13-25(14-12-24)22(26)18-5-7-19(23)8-6-18/h5-10,17H,11-14H2,1-4H3. The predicted molar refractivity (Wildman–Crippen MR) is 110 cm³/mol. The van der Waals surface area contributed by atoms with Gasteiger partial charge in [-0.1, -0.05) is 17.7 Å². The van der Waals surface area contributed by atoms with E-state index in [9.17, 15) is 4.79 Å². The van der Waals surface area contributed by atoms with E-state index in [1.54, 1.807) is 31.4 Å². The minimum Gasteiger partial charge on any atom is -0.496 e. The lowest BCUT2D eigenvalue weighted by molar-refractivity contribution is 0.0581. The predicted octanol–water partition coefficient (Wildman–Crippen LogP) is 4.48. The Balaban J connectivity index is 1.66. The Morgan fingerprint density at radius 3 is 2.22 bits per heavy atom. The maximum Gasteiger partial charge on any atom is 0.253 e. The number of nitrogens with zero attached hydrogens (tertiary/aromatic N) is 2. The van der Waals surface area contributed by atoms with Crippen LogP contribution >= 0.6 is 11.6 Å². The number of halogens is 1. The first kappa shape index (κ1) is 19.7. The van der Waals surface area contributed by atoms with Gasteiger partial charge in [0, 0.05) is 42.8 Å². The summed E-state index contributed by atoms with van der Waals surface area (Å²) in [5.74, 6) is 1.01. The molecule has 0 aromatic heterocycles. The molecular weight excluding hydrogens is 360 g/mol. The highest BCUT2D eigenvalue weighted by Gasteiger charge is 2.26. The van der Waals surface area contributed by atoms with Gasteiger partial charge in [0.2, 0.25) is 0 Å². The molecule has 1 saturated heterocycles. The van der Waals surface area contributed by atoms with Crippen molar-refractivity contribution in [3.63, 3.8) is 0 Å². The summed E-state index contributed by atoms with van der Waals surface area (Å²) in [6.07, 6.45) is 0.